The predicted molar refractivity (Wildman–Crippen MR) is 114 cm³/mol. The molecule has 0 amide bonds. The Morgan fingerprint density at radius 3 is 2.36 bits per heavy atom. The van der Waals surface area contributed by atoms with Gasteiger partial charge in [-0.3, -0.25) is 0 Å². The molecule has 6 heteroatoms. The Kier molecular flexibility index (Phi) is 4.26. The molecular formula is C22H16ClN4S+. The summed E-state index contributed by atoms with van der Waals surface area (Å²) in [5.41, 5.74) is 3.95. The van der Waals surface area contributed by atoms with Crippen LogP contribution in [-0.2, 0) is 0 Å². The Labute approximate surface area is 171 Å². The standard InChI is InChI=1S/C22H16ClN4S/c1-28-22-25-27-20(15-7-3-2-4-8-15)24-19-10-6-5-9-18(19)21(27)26(22)17-13-11-16(23)12-14-17/h2-14H,1H3/q+1. The number of thioether (sulfide) groups is 1. The molecular weight excluding hydrogens is 388 g/mol. The fourth-order valence-electron chi connectivity index (χ4n) is 3.40. The van der Waals surface area contributed by atoms with Crippen LogP contribution in [0, 0.1) is 0 Å². The van der Waals surface area contributed by atoms with Gasteiger partial charge < -0.3 is 0 Å². The largest absolute Gasteiger partial charge is 0.342 e. The van der Waals surface area contributed by atoms with Crippen LogP contribution in [0.5, 0.6) is 0 Å². The van der Waals surface area contributed by atoms with Crippen LogP contribution in [0.4, 0.5) is 0 Å². The van der Waals surface area contributed by atoms with Gasteiger partial charge in [-0.15, -0.1) is 0 Å². The maximum absolute atomic E-state index is 6.12. The van der Waals surface area contributed by atoms with Crippen molar-refractivity contribution in [1.29, 1.82) is 0 Å². The number of fused-ring (bicyclic) bond motifs is 3. The molecule has 0 aliphatic heterocycles. The maximum Gasteiger partial charge on any atom is 0.342 e. The van der Waals surface area contributed by atoms with Crippen molar-refractivity contribution < 1.29 is 4.57 Å². The summed E-state index contributed by atoms with van der Waals surface area (Å²) in [6.45, 7) is 0. The first-order valence-corrected chi connectivity index (χ1v) is 10.5. The van der Waals surface area contributed by atoms with E-state index in [1.54, 1.807) is 11.8 Å². The molecule has 28 heavy (non-hydrogen) atoms. The zero-order chi connectivity index (χ0) is 19.1. The third kappa shape index (κ3) is 2.75. The quantitative estimate of drug-likeness (QED) is 0.306. The van der Waals surface area contributed by atoms with E-state index in [2.05, 4.69) is 22.8 Å². The van der Waals surface area contributed by atoms with E-state index in [0.717, 1.165) is 38.8 Å². The van der Waals surface area contributed by atoms with E-state index in [9.17, 15) is 0 Å². The van der Waals surface area contributed by atoms with Crippen molar-refractivity contribution in [2.75, 3.05) is 6.26 Å². The lowest BCUT2D eigenvalue weighted by molar-refractivity contribution is -0.609. The van der Waals surface area contributed by atoms with E-state index >= 15 is 0 Å². The fourth-order valence-corrected chi connectivity index (χ4v) is 4.06. The Morgan fingerprint density at radius 2 is 1.61 bits per heavy atom. The van der Waals surface area contributed by atoms with Crippen molar-refractivity contribution >= 4 is 39.9 Å². The van der Waals surface area contributed by atoms with Gasteiger partial charge in [0.15, 0.2) is 0 Å². The molecule has 2 aromatic heterocycles. The van der Waals surface area contributed by atoms with Crippen LogP contribution in [-0.4, -0.2) is 20.9 Å². The van der Waals surface area contributed by atoms with Gasteiger partial charge in [0.25, 0.3) is 5.65 Å². The molecule has 2 heterocycles. The highest BCUT2D eigenvalue weighted by Crippen LogP contribution is 2.26. The molecule has 3 aromatic carbocycles. The second kappa shape index (κ2) is 6.93. The maximum atomic E-state index is 6.12. The summed E-state index contributed by atoms with van der Waals surface area (Å²) in [6.07, 6.45) is 2.03. The average Bonchev–Trinajstić information content (AvgIpc) is 3.14. The molecule has 0 N–H and O–H groups in total. The van der Waals surface area contributed by atoms with Crippen LogP contribution in [0.1, 0.15) is 0 Å². The Balaban J connectivity index is 1.95. The average molecular weight is 404 g/mol. The third-order valence-corrected chi connectivity index (χ3v) is 5.54. The molecule has 0 aliphatic carbocycles. The number of hydrogen-bond donors (Lipinski definition) is 0. The molecule has 0 fully saturated rings. The molecule has 0 unspecified atom stereocenters. The minimum atomic E-state index is 0.711. The highest BCUT2D eigenvalue weighted by molar-refractivity contribution is 7.98. The summed E-state index contributed by atoms with van der Waals surface area (Å²) in [7, 11) is 0. The summed E-state index contributed by atoms with van der Waals surface area (Å²) in [5, 5.41) is 7.55. The first-order valence-electron chi connectivity index (χ1n) is 8.85. The number of nitrogens with zero attached hydrogens (tertiary/aromatic N) is 4. The Bertz CT molecular complexity index is 1300. The molecule has 4 nitrogen and oxygen atoms in total. The zero-order valence-electron chi connectivity index (χ0n) is 15.1. The second-order valence-corrected chi connectivity index (χ2v) is 7.56. The summed E-state index contributed by atoms with van der Waals surface area (Å²) < 4.78 is 4.11. The van der Waals surface area contributed by atoms with Crippen molar-refractivity contribution in [3.05, 3.63) is 83.9 Å². The van der Waals surface area contributed by atoms with Gasteiger partial charge in [-0.25, -0.2) is 4.98 Å². The van der Waals surface area contributed by atoms with Crippen molar-refractivity contribution in [3.8, 4) is 17.1 Å². The molecule has 0 saturated heterocycles. The number of para-hydroxylation sites is 1. The second-order valence-electron chi connectivity index (χ2n) is 6.35. The van der Waals surface area contributed by atoms with E-state index in [4.69, 9.17) is 21.7 Å². The SMILES string of the molecule is CSc1nn2c(-c3ccccc3)nc3ccccc3c2[n+]1-c1ccc(Cl)cc1. The van der Waals surface area contributed by atoms with Crippen molar-refractivity contribution in [1.82, 2.24) is 14.6 Å². The van der Waals surface area contributed by atoms with Gasteiger partial charge in [-0.2, -0.15) is 4.57 Å². The normalized spacial score (nSPS) is 11.4. The summed E-state index contributed by atoms with van der Waals surface area (Å²) in [4.78, 5) is 4.93. The highest BCUT2D eigenvalue weighted by Gasteiger charge is 2.27. The van der Waals surface area contributed by atoms with E-state index in [1.807, 2.05) is 71.4 Å². The van der Waals surface area contributed by atoms with Crippen molar-refractivity contribution in [3.63, 3.8) is 0 Å². The topological polar surface area (TPSA) is 34.1 Å². The Hall–Kier alpha value is -2.89. The highest BCUT2D eigenvalue weighted by atomic mass is 35.5. The van der Waals surface area contributed by atoms with Gasteiger partial charge >= 0.3 is 5.16 Å². The Morgan fingerprint density at radius 1 is 0.893 bits per heavy atom. The van der Waals surface area contributed by atoms with Crippen LogP contribution in [0.2, 0.25) is 5.02 Å². The van der Waals surface area contributed by atoms with Gasteiger partial charge in [0.2, 0.25) is 5.82 Å². The predicted octanol–water partition coefficient (Wildman–Crippen LogP) is 5.20. The summed E-state index contributed by atoms with van der Waals surface area (Å²) in [5.74, 6) is 0.817. The molecule has 0 radical (unpaired) electrons. The monoisotopic (exact) mass is 403 g/mol. The van der Waals surface area contributed by atoms with Gasteiger partial charge in [-0.05, 0) is 54.8 Å². The van der Waals surface area contributed by atoms with E-state index in [0.29, 0.717) is 5.02 Å². The summed E-state index contributed by atoms with van der Waals surface area (Å²) >= 11 is 7.72. The van der Waals surface area contributed by atoms with E-state index < -0.39 is 0 Å². The third-order valence-electron chi connectivity index (χ3n) is 4.66. The molecule has 0 spiro atoms. The van der Waals surface area contributed by atoms with Crippen molar-refractivity contribution in [2.45, 2.75) is 5.16 Å². The van der Waals surface area contributed by atoms with E-state index in [-0.39, 0.29) is 0 Å². The fraction of sp³-hybridized carbons (Fsp3) is 0.0455. The summed E-state index contributed by atoms with van der Waals surface area (Å²) in [6, 6.07) is 26.2. The van der Waals surface area contributed by atoms with Crippen molar-refractivity contribution in [2.24, 2.45) is 0 Å². The van der Waals surface area contributed by atoms with Crippen LogP contribution in [0.15, 0.2) is 84.0 Å². The van der Waals surface area contributed by atoms with Crippen LogP contribution < -0.4 is 4.57 Å². The first-order chi connectivity index (χ1) is 13.8. The lowest BCUT2D eigenvalue weighted by atomic mass is 10.2. The minimum absolute atomic E-state index is 0.711. The molecule has 0 aliphatic rings. The molecule has 0 saturated carbocycles. The zero-order valence-corrected chi connectivity index (χ0v) is 16.7. The number of halogens is 1. The van der Waals surface area contributed by atoms with Gasteiger partial charge in [0.05, 0.1) is 16.0 Å². The molecule has 136 valence electrons. The van der Waals surface area contributed by atoms with Crippen LogP contribution >= 0.6 is 23.4 Å². The number of aromatic nitrogens is 4. The van der Waals surface area contributed by atoms with Gasteiger partial charge in [0.1, 0.15) is 5.69 Å². The molecule has 5 aromatic rings. The number of hydrogen-bond acceptors (Lipinski definition) is 3. The lowest BCUT2D eigenvalue weighted by Crippen LogP contribution is -2.32. The smallest absolute Gasteiger partial charge is 0.213 e. The van der Waals surface area contributed by atoms with Crippen LogP contribution in [0.3, 0.4) is 0 Å². The molecule has 0 bridgehead atoms. The van der Waals surface area contributed by atoms with Crippen LogP contribution in [0.25, 0.3) is 33.6 Å². The molecule has 0 atom stereocenters. The van der Waals surface area contributed by atoms with Gasteiger partial charge in [-0.1, -0.05) is 58.2 Å². The van der Waals surface area contributed by atoms with Gasteiger partial charge in [0, 0.05) is 10.6 Å². The minimum Gasteiger partial charge on any atom is -0.213 e. The molecule has 5 rings (SSSR count). The number of rotatable bonds is 3. The first kappa shape index (κ1) is 17.2. The number of benzene rings is 3. The van der Waals surface area contributed by atoms with E-state index in [1.165, 1.54) is 0 Å². The lowest BCUT2D eigenvalue weighted by Gasteiger charge is -2.05.